The summed E-state index contributed by atoms with van der Waals surface area (Å²) < 4.78 is 0. The molecule has 6 heteroatoms. The molecule has 1 fully saturated rings. The third-order valence-corrected chi connectivity index (χ3v) is 7.66. The van der Waals surface area contributed by atoms with Gasteiger partial charge < -0.3 is 20.2 Å². The number of para-hydroxylation sites is 3. The number of H-pyrrole nitrogens is 2. The molecule has 1 aliphatic heterocycles. The van der Waals surface area contributed by atoms with Crippen molar-refractivity contribution in [3.8, 4) is 0 Å². The summed E-state index contributed by atoms with van der Waals surface area (Å²) in [4.78, 5) is 34.0. The summed E-state index contributed by atoms with van der Waals surface area (Å²) in [6.45, 7) is 3.07. The van der Waals surface area contributed by atoms with Crippen LogP contribution in [-0.2, 0) is 16.0 Å². The molecule has 1 saturated heterocycles. The second-order valence-electron chi connectivity index (χ2n) is 9.82. The Bertz CT molecular complexity index is 1520. The lowest BCUT2D eigenvalue weighted by Crippen LogP contribution is -2.28. The second-order valence-corrected chi connectivity index (χ2v) is 9.82. The van der Waals surface area contributed by atoms with Crippen molar-refractivity contribution in [2.45, 2.75) is 25.7 Å². The number of amides is 2. The average Bonchev–Trinajstić information content (AvgIpc) is 3.65. The maximum Gasteiger partial charge on any atom is 0.229 e. The molecule has 3 heterocycles. The van der Waals surface area contributed by atoms with E-state index >= 15 is 0 Å². The Kier molecular flexibility index (Phi) is 6.01. The molecule has 0 spiro atoms. The Morgan fingerprint density at radius 2 is 1.51 bits per heavy atom. The van der Waals surface area contributed by atoms with Gasteiger partial charge in [-0.05, 0) is 48.2 Å². The standard InChI is InChI=1S/C31H30N4O2/c1-2-35-19-21(16-30(35)36)31(37)34-27-12-6-3-9-20(27)15-24(25-17-32-28-13-7-4-10-22(25)28)26-18-33-29-14-8-5-11-23(26)29/h3-14,17-18,21,24,32-33H,2,15-16,19H2,1H3,(H,34,37). The first kappa shape index (κ1) is 23.1. The van der Waals surface area contributed by atoms with E-state index in [4.69, 9.17) is 0 Å². The van der Waals surface area contributed by atoms with E-state index in [-0.39, 0.29) is 30.1 Å². The highest BCUT2D eigenvalue weighted by atomic mass is 16.2. The van der Waals surface area contributed by atoms with Crippen molar-refractivity contribution in [1.82, 2.24) is 14.9 Å². The van der Waals surface area contributed by atoms with Gasteiger partial charge in [0.25, 0.3) is 0 Å². The summed E-state index contributed by atoms with van der Waals surface area (Å²) >= 11 is 0. The zero-order chi connectivity index (χ0) is 25.4. The van der Waals surface area contributed by atoms with Crippen LogP contribution < -0.4 is 5.32 Å². The average molecular weight is 491 g/mol. The van der Waals surface area contributed by atoms with E-state index in [1.807, 2.05) is 37.3 Å². The van der Waals surface area contributed by atoms with Gasteiger partial charge in [-0.2, -0.15) is 0 Å². The fraction of sp³-hybridized carbons (Fsp3) is 0.226. The van der Waals surface area contributed by atoms with Crippen molar-refractivity contribution in [2.24, 2.45) is 5.92 Å². The van der Waals surface area contributed by atoms with Gasteiger partial charge in [-0.1, -0.05) is 54.6 Å². The summed E-state index contributed by atoms with van der Waals surface area (Å²) in [5, 5.41) is 5.55. The summed E-state index contributed by atoms with van der Waals surface area (Å²) in [6.07, 6.45) is 5.21. The normalized spacial score (nSPS) is 15.8. The third kappa shape index (κ3) is 4.29. The number of aromatic amines is 2. The van der Waals surface area contributed by atoms with Crippen LogP contribution in [-0.4, -0.2) is 39.8 Å². The Morgan fingerprint density at radius 1 is 0.919 bits per heavy atom. The van der Waals surface area contributed by atoms with Gasteiger partial charge in [-0.25, -0.2) is 0 Å². The predicted octanol–water partition coefficient (Wildman–Crippen LogP) is 5.83. The van der Waals surface area contributed by atoms with E-state index in [1.54, 1.807) is 4.90 Å². The quantitative estimate of drug-likeness (QED) is 0.268. The van der Waals surface area contributed by atoms with Crippen molar-refractivity contribution in [3.05, 3.63) is 102 Å². The predicted molar refractivity (Wildman–Crippen MR) is 148 cm³/mol. The van der Waals surface area contributed by atoms with E-state index in [9.17, 15) is 9.59 Å². The van der Waals surface area contributed by atoms with E-state index in [1.165, 1.54) is 21.9 Å². The van der Waals surface area contributed by atoms with Crippen LogP contribution >= 0.6 is 0 Å². The smallest absolute Gasteiger partial charge is 0.229 e. The number of carbonyl (C=O) groups is 2. The van der Waals surface area contributed by atoms with Gasteiger partial charge in [0.05, 0.1) is 5.92 Å². The molecule has 1 aliphatic rings. The number of fused-ring (bicyclic) bond motifs is 2. The zero-order valence-corrected chi connectivity index (χ0v) is 20.8. The molecule has 2 aromatic heterocycles. The summed E-state index contributed by atoms with van der Waals surface area (Å²) in [5.41, 5.74) is 6.53. The number of aromatic nitrogens is 2. The molecule has 0 aliphatic carbocycles. The van der Waals surface area contributed by atoms with Crippen LogP contribution in [0.25, 0.3) is 21.8 Å². The Morgan fingerprint density at radius 3 is 2.14 bits per heavy atom. The number of hydrogen-bond acceptors (Lipinski definition) is 2. The molecule has 5 aromatic rings. The van der Waals surface area contributed by atoms with Gasteiger partial charge in [0.2, 0.25) is 11.8 Å². The highest BCUT2D eigenvalue weighted by Crippen LogP contribution is 2.38. The first-order chi connectivity index (χ1) is 18.1. The molecule has 0 saturated carbocycles. The van der Waals surface area contributed by atoms with E-state index < -0.39 is 0 Å². The topological polar surface area (TPSA) is 81.0 Å². The molecule has 3 N–H and O–H groups in total. The molecule has 186 valence electrons. The van der Waals surface area contributed by atoms with Crippen molar-refractivity contribution in [1.29, 1.82) is 0 Å². The van der Waals surface area contributed by atoms with E-state index in [0.717, 1.165) is 22.3 Å². The molecular weight excluding hydrogens is 460 g/mol. The van der Waals surface area contributed by atoms with Gasteiger partial charge in [0.15, 0.2) is 0 Å². The van der Waals surface area contributed by atoms with Crippen LogP contribution in [0.5, 0.6) is 0 Å². The van der Waals surface area contributed by atoms with Crippen molar-refractivity contribution < 1.29 is 9.59 Å². The molecule has 6 rings (SSSR count). The highest BCUT2D eigenvalue weighted by Gasteiger charge is 2.33. The minimum atomic E-state index is -0.321. The Labute approximate surface area is 215 Å². The third-order valence-electron chi connectivity index (χ3n) is 7.66. The fourth-order valence-electron chi connectivity index (χ4n) is 5.68. The molecule has 37 heavy (non-hydrogen) atoms. The molecule has 6 nitrogen and oxygen atoms in total. The Hall–Kier alpha value is -4.32. The summed E-state index contributed by atoms with van der Waals surface area (Å²) in [7, 11) is 0. The number of carbonyl (C=O) groups excluding carboxylic acids is 2. The lowest BCUT2D eigenvalue weighted by atomic mass is 9.85. The summed E-state index contributed by atoms with van der Waals surface area (Å²) in [5.74, 6) is -0.297. The van der Waals surface area contributed by atoms with Crippen molar-refractivity contribution >= 4 is 39.3 Å². The number of nitrogens with one attached hydrogen (secondary N) is 3. The van der Waals surface area contributed by atoms with Gasteiger partial charge in [0.1, 0.15) is 0 Å². The highest BCUT2D eigenvalue weighted by molar-refractivity contribution is 5.97. The van der Waals surface area contributed by atoms with Crippen LogP contribution in [0.2, 0.25) is 0 Å². The van der Waals surface area contributed by atoms with Crippen LogP contribution in [0.15, 0.2) is 85.2 Å². The second kappa shape index (κ2) is 9.62. The minimum absolute atomic E-state index is 0.0506. The molecule has 3 aromatic carbocycles. The zero-order valence-electron chi connectivity index (χ0n) is 20.8. The van der Waals surface area contributed by atoms with Crippen molar-refractivity contribution in [3.63, 3.8) is 0 Å². The fourth-order valence-corrected chi connectivity index (χ4v) is 5.68. The van der Waals surface area contributed by atoms with E-state index in [2.05, 4.69) is 70.1 Å². The molecule has 0 radical (unpaired) electrons. The molecule has 2 amide bonds. The van der Waals surface area contributed by atoms with Crippen LogP contribution in [0.1, 0.15) is 36.0 Å². The number of nitrogens with zero attached hydrogens (tertiary/aromatic N) is 1. The van der Waals surface area contributed by atoms with Gasteiger partial charge in [0, 0.05) is 65.3 Å². The first-order valence-electron chi connectivity index (χ1n) is 12.9. The SMILES string of the molecule is CCN1CC(C(=O)Nc2ccccc2CC(c2c[nH]c3ccccc23)c2c[nH]c3ccccc23)CC1=O. The number of likely N-dealkylation sites (tertiary alicyclic amines) is 1. The number of rotatable bonds is 7. The number of hydrogen-bond donors (Lipinski definition) is 3. The largest absolute Gasteiger partial charge is 0.361 e. The number of anilines is 1. The number of benzene rings is 3. The van der Waals surface area contributed by atoms with E-state index in [0.29, 0.717) is 19.5 Å². The minimum Gasteiger partial charge on any atom is -0.361 e. The van der Waals surface area contributed by atoms with Crippen LogP contribution in [0.3, 0.4) is 0 Å². The molecule has 1 atom stereocenters. The lowest BCUT2D eigenvalue weighted by molar-refractivity contribution is -0.128. The van der Waals surface area contributed by atoms with Gasteiger partial charge >= 0.3 is 0 Å². The molecular formula is C31H30N4O2. The van der Waals surface area contributed by atoms with Crippen LogP contribution in [0, 0.1) is 5.92 Å². The van der Waals surface area contributed by atoms with Crippen LogP contribution in [0.4, 0.5) is 5.69 Å². The molecule has 1 unspecified atom stereocenters. The maximum absolute atomic E-state index is 13.2. The molecule has 0 bridgehead atoms. The van der Waals surface area contributed by atoms with Crippen molar-refractivity contribution in [2.75, 3.05) is 18.4 Å². The van der Waals surface area contributed by atoms with Gasteiger partial charge in [-0.3, -0.25) is 9.59 Å². The Balaban J connectivity index is 1.37. The first-order valence-corrected chi connectivity index (χ1v) is 12.9. The maximum atomic E-state index is 13.2. The lowest BCUT2D eigenvalue weighted by Gasteiger charge is -2.20. The van der Waals surface area contributed by atoms with Gasteiger partial charge in [-0.15, -0.1) is 0 Å². The monoisotopic (exact) mass is 490 g/mol. The summed E-state index contributed by atoms with van der Waals surface area (Å²) in [6, 6.07) is 24.8.